The molecule has 3 aromatic rings. The number of anilines is 1. The Balaban J connectivity index is 1.63. The van der Waals surface area contributed by atoms with Gasteiger partial charge >= 0.3 is 0 Å². The Morgan fingerprint density at radius 3 is 2.44 bits per heavy atom. The van der Waals surface area contributed by atoms with Crippen LogP contribution in [0.5, 0.6) is 0 Å². The van der Waals surface area contributed by atoms with Crippen molar-refractivity contribution in [2.24, 2.45) is 0 Å². The van der Waals surface area contributed by atoms with E-state index in [2.05, 4.69) is 15.4 Å². The Kier molecular flexibility index (Phi) is 6.11. The molecule has 0 radical (unpaired) electrons. The molecule has 1 aromatic heterocycles. The molecule has 0 bridgehead atoms. The number of halogens is 2. The monoisotopic (exact) mass is 403 g/mol. The highest BCUT2D eigenvalue weighted by atomic mass is 35.5. The first kappa shape index (κ1) is 19.4. The van der Waals surface area contributed by atoms with Crippen molar-refractivity contribution >= 4 is 34.8 Å². The Hall–Kier alpha value is -2.41. The second-order valence-electron chi connectivity index (χ2n) is 6.17. The van der Waals surface area contributed by atoms with E-state index in [0.717, 1.165) is 11.3 Å². The molecule has 0 saturated carbocycles. The van der Waals surface area contributed by atoms with Crippen molar-refractivity contribution in [3.05, 3.63) is 70.7 Å². The number of nitrogens with one attached hydrogen (secondary N) is 1. The van der Waals surface area contributed by atoms with Crippen LogP contribution >= 0.6 is 23.2 Å². The largest absolute Gasteiger partial charge is 0.322 e. The topological polar surface area (TPSA) is 63.1 Å². The summed E-state index contributed by atoms with van der Waals surface area (Å²) < 4.78 is 1.69. The molecule has 1 amide bonds. The van der Waals surface area contributed by atoms with Crippen molar-refractivity contribution in [2.45, 2.75) is 13.0 Å². The van der Waals surface area contributed by atoms with Gasteiger partial charge in [0.25, 0.3) is 0 Å². The number of hydrogen-bond acceptors (Lipinski definition) is 4. The number of nitrogens with zero attached hydrogens (tertiary/aromatic N) is 4. The number of para-hydroxylation sites is 1. The number of carbonyl (C=O) groups excluding carboxylic acids is 1. The number of benzene rings is 2. The first-order chi connectivity index (χ1) is 13.0. The number of likely N-dealkylation sites (N-methyl/N-ethyl adjacent to an activating group) is 1. The van der Waals surface area contributed by atoms with Crippen molar-refractivity contribution in [3.8, 4) is 5.69 Å². The fraction of sp³-hybridized carbons (Fsp3) is 0.211. The Morgan fingerprint density at radius 1 is 1.19 bits per heavy atom. The van der Waals surface area contributed by atoms with Crippen molar-refractivity contribution in [1.82, 2.24) is 19.7 Å². The van der Waals surface area contributed by atoms with Gasteiger partial charge in [-0.3, -0.25) is 9.69 Å². The minimum atomic E-state index is -0.182. The minimum absolute atomic E-state index is 0.0438. The average Bonchev–Trinajstić information content (AvgIpc) is 3.19. The van der Waals surface area contributed by atoms with E-state index in [0.29, 0.717) is 15.7 Å². The summed E-state index contributed by atoms with van der Waals surface area (Å²) in [5.41, 5.74) is 2.45. The van der Waals surface area contributed by atoms with Crippen molar-refractivity contribution < 1.29 is 4.79 Å². The lowest BCUT2D eigenvalue weighted by Gasteiger charge is -2.25. The summed E-state index contributed by atoms with van der Waals surface area (Å²) in [6, 6.07) is 13.1. The number of carbonyl (C=O) groups is 1. The van der Waals surface area contributed by atoms with E-state index in [1.807, 2.05) is 43.1 Å². The third-order valence-electron chi connectivity index (χ3n) is 4.34. The minimum Gasteiger partial charge on any atom is -0.322 e. The molecule has 0 fully saturated rings. The Labute approximate surface area is 167 Å². The molecular formula is C19H19Cl2N5O. The van der Waals surface area contributed by atoms with Gasteiger partial charge in [-0.25, -0.2) is 9.67 Å². The SMILES string of the molecule is C[C@H](c1ccc(-n2cncn2)cc1)N(C)CC(=O)Nc1c(Cl)cccc1Cl. The zero-order valence-corrected chi connectivity index (χ0v) is 16.4. The Morgan fingerprint density at radius 2 is 1.85 bits per heavy atom. The van der Waals surface area contributed by atoms with Gasteiger partial charge in [0.2, 0.25) is 5.91 Å². The smallest absolute Gasteiger partial charge is 0.238 e. The van der Waals surface area contributed by atoms with E-state index in [4.69, 9.17) is 23.2 Å². The molecule has 0 saturated heterocycles. The Bertz CT molecular complexity index is 892. The van der Waals surface area contributed by atoms with E-state index in [1.54, 1.807) is 29.2 Å². The van der Waals surface area contributed by atoms with Crippen LogP contribution in [0.4, 0.5) is 5.69 Å². The van der Waals surface area contributed by atoms with Crippen molar-refractivity contribution in [3.63, 3.8) is 0 Å². The van der Waals surface area contributed by atoms with Gasteiger partial charge in [-0.15, -0.1) is 0 Å². The van der Waals surface area contributed by atoms with E-state index >= 15 is 0 Å². The molecule has 0 unspecified atom stereocenters. The first-order valence-electron chi connectivity index (χ1n) is 8.35. The van der Waals surface area contributed by atoms with Gasteiger partial charge in [0.1, 0.15) is 12.7 Å². The lowest BCUT2D eigenvalue weighted by Crippen LogP contribution is -2.32. The number of amides is 1. The summed E-state index contributed by atoms with van der Waals surface area (Å²) >= 11 is 12.2. The molecule has 8 heteroatoms. The zero-order valence-electron chi connectivity index (χ0n) is 14.9. The highest BCUT2D eigenvalue weighted by Gasteiger charge is 2.17. The fourth-order valence-corrected chi connectivity index (χ4v) is 3.15. The lowest BCUT2D eigenvalue weighted by atomic mass is 10.1. The summed E-state index contributed by atoms with van der Waals surface area (Å²) in [6.45, 7) is 2.24. The summed E-state index contributed by atoms with van der Waals surface area (Å²) in [5, 5.41) is 7.72. The van der Waals surface area contributed by atoms with Crippen molar-refractivity contribution in [1.29, 1.82) is 0 Å². The van der Waals surface area contributed by atoms with Crippen LogP contribution < -0.4 is 5.32 Å². The molecule has 1 heterocycles. The molecule has 0 aliphatic rings. The highest BCUT2D eigenvalue weighted by Crippen LogP contribution is 2.30. The van der Waals surface area contributed by atoms with Crippen LogP contribution in [0.1, 0.15) is 18.5 Å². The van der Waals surface area contributed by atoms with E-state index in [1.165, 1.54) is 6.33 Å². The van der Waals surface area contributed by atoms with Crippen LogP contribution in [0, 0.1) is 0 Å². The standard InChI is InChI=1S/C19H19Cl2N5O/c1-13(14-6-8-15(9-7-14)26-12-22-11-23-26)25(2)10-18(27)24-19-16(20)4-3-5-17(19)21/h3-9,11-13H,10H2,1-2H3,(H,24,27)/t13-/m1/s1. The maximum atomic E-state index is 12.4. The van der Waals surface area contributed by atoms with Gasteiger partial charge in [0.15, 0.2) is 0 Å². The summed E-state index contributed by atoms with van der Waals surface area (Å²) in [7, 11) is 1.89. The highest BCUT2D eigenvalue weighted by molar-refractivity contribution is 6.39. The number of aromatic nitrogens is 3. The van der Waals surface area contributed by atoms with E-state index in [9.17, 15) is 4.79 Å². The van der Waals surface area contributed by atoms with Crippen LogP contribution in [0.3, 0.4) is 0 Å². The fourth-order valence-electron chi connectivity index (χ4n) is 2.66. The third kappa shape index (κ3) is 4.66. The normalized spacial score (nSPS) is 12.2. The van der Waals surface area contributed by atoms with Gasteiger partial charge < -0.3 is 5.32 Å². The van der Waals surface area contributed by atoms with Crippen LogP contribution in [-0.4, -0.2) is 39.2 Å². The summed E-state index contributed by atoms with van der Waals surface area (Å²) in [4.78, 5) is 18.3. The molecule has 6 nitrogen and oxygen atoms in total. The van der Waals surface area contributed by atoms with Crippen molar-refractivity contribution in [2.75, 3.05) is 18.9 Å². The maximum Gasteiger partial charge on any atom is 0.238 e. The summed E-state index contributed by atoms with van der Waals surface area (Å²) in [6.07, 6.45) is 3.14. The molecule has 27 heavy (non-hydrogen) atoms. The quantitative estimate of drug-likeness (QED) is 0.669. The number of rotatable bonds is 6. The second kappa shape index (κ2) is 8.52. The van der Waals surface area contributed by atoms with Crippen LogP contribution in [0.25, 0.3) is 5.69 Å². The van der Waals surface area contributed by atoms with Crippen LogP contribution in [0.15, 0.2) is 55.1 Å². The molecule has 2 aromatic carbocycles. The molecule has 1 N–H and O–H groups in total. The second-order valence-corrected chi connectivity index (χ2v) is 6.98. The van der Waals surface area contributed by atoms with Gasteiger partial charge in [-0.05, 0) is 43.8 Å². The molecule has 0 spiro atoms. The lowest BCUT2D eigenvalue weighted by molar-refractivity contribution is -0.117. The number of hydrogen-bond donors (Lipinski definition) is 1. The summed E-state index contributed by atoms with van der Waals surface area (Å²) in [5.74, 6) is -0.182. The van der Waals surface area contributed by atoms with Gasteiger partial charge in [0, 0.05) is 6.04 Å². The molecular weight excluding hydrogens is 385 g/mol. The molecule has 1 atom stereocenters. The van der Waals surface area contributed by atoms with Crippen LogP contribution in [-0.2, 0) is 4.79 Å². The third-order valence-corrected chi connectivity index (χ3v) is 4.97. The zero-order chi connectivity index (χ0) is 19.4. The average molecular weight is 404 g/mol. The van der Waals surface area contributed by atoms with E-state index in [-0.39, 0.29) is 18.5 Å². The van der Waals surface area contributed by atoms with Gasteiger partial charge in [-0.2, -0.15) is 5.10 Å². The molecule has 3 rings (SSSR count). The molecule has 140 valence electrons. The van der Waals surface area contributed by atoms with Crippen LogP contribution in [0.2, 0.25) is 10.0 Å². The predicted octanol–water partition coefficient (Wildman–Crippen LogP) is 4.21. The molecule has 0 aliphatic heterocycles. The van der Waals surface area contributed by atoms with E-state index < -0.39 is 0 Å². The predicted molar refractivity (Wildman–Crippen MR) is 107 cm³/mol. The van der Waals surface area contributed by atoms with Gasteiger partial charge in [-0.1, -0.05) is 41.4 Å². The molecule has 0 aliphatic carbocycles. The maximum absolute atomic E-state index is 12.4. The van der Waals surface area contributed by atoms with Gasteiger partial charge in [0.05, 0.1) is 28.0 Å². The first-order valence-corrected chi connectivity index (χ1v) is 9.10.